The van der Waals surface area contributed by atoms with Gasteiger partial charge in [-0.2, -0.15) is 13.2 Å². The molecule has 4 heterocycles. The number of furan rings is 1. The first-order chi connectivity index (χ1) is 13.8. The Hall–Kier alpha value is -3.41. The van der Waals surface area contributed by atoms with E-state index in [-0.39, 0.29) is 16.0 Å². The zero-order valence-electron chi connectivity index (χ0n) is 14.8. The second kappa shape index (κ2) is 7.20. The van der Waals surface area contributed by atoms with Crippen molar-refractivity contribution in [3.05, 3.63) is 54.4 Å². The maximum absolute atomic E-state index is 13.3. The van der Waals surface area contributed by atoms with E-state index in [1.165, 1.54) is 35.5 Å². The lowest BCUT2D eigenvalue weighted by atomic mass is 10.2. The van der Waals surface area contributed by atoms with Crippen molar-refractivity contribution in [2.24, 2.45) is 0 Å². The minimum atomic E-state index is -4.64. The fourth-order valence-corrected chi connectivity index (χ4v) is 3.25. The Morgan fingerprint density at radius 1 is 1.10 bits per heavy atom. The number of alkyl halides is 3. The average molecular weight is 419 g/mol. The summed E-state index contributed by atoms with van der Waals surface area (Å²) in [4.78, 5) is 11.7. The van der Waals surface area contributed by atoms with Crippen LogP contribution in [0, 0.1) is 6.92 Å². The Bertz CT molecular complexity index is 1160. The molecule has 0 radical (unpaired) electrons. The molecule has 0 aromatic carbocycles. The summed E-state index contributed by atoms with van der Waals surface area (Å²) in [6.45, 7) is 1.73. The van der Waals surface area contributed by atoms with Crippen LogP contribution in [-0.2, 0) is 6.18 Å². The highest BCUT2D eigenvalue weighted by Crippen LogP contribution is 2.34. The number of halogens is 3. The highest BCUT2D eigenvalue weighted by Gasteiger charge is 2.34. The van der Waals surface area contributed by atoms with Crippen molar-refractivity contribution in [1.29, 1.82) is 0 Å². The molecule has 0 saturated heterocycles. The molecule has 0 unspecified atom stereocenters. The minimum Gasteiger partial charge on any atom is -0.469 e. The predicted octanol–water partition coefficient (Wildman–Crippen LogP) is 3.58. The van der Waals surface area contributed by atoms with E-state index in [2.05, 4.69) is 25.1 Å². The molecular formula is C17H12F3N7OS. The standard InChI is InChI=1S/C17H12F3N7OS/c1-9-11(4-7-28-9)15-25-26-16(27(15)21)29-13-8-12(17(18,19)20)23-14(24-13)10-2-5-22-6-3-10/h2-8H,21H2,1H3. The van der Waals surface area contributed by atoms with E-state index in [4.69, 9.17) is 10.3 Å². The quantitative estimate of drug-likeness (QED) is 0.395. The van der Waals surface area contributed by atoms with E-state index < -0.39 is 11.9 Å². The lowest BCUT2D eigenvalue weighted by molar-refractivity contribution is -0.141. The number of nitrogens with two attached hydrogens (primary N) is 1. The van der Waals surface area contributed by atoms with Gasteiger partial charge in [0.25, 0.3) is 0 Å². The monoisotopic (exact) mass is 419 g/mol. The van der Waals surface area contributed by atoms with Crippen LogP contribution in [-0.4, -0.2) is 29.8 Å². The third-order valence-electron chi connectivity index (χ3n) is 3.89. The average Bonchev–Trinajstić information content (AvgIpc) is 3.27. The Labute approximate surface area is 166 Å². The van der Waals surface area contributed by atoms with Crippen molar-refractivity contribution in [1.82, 2.24) is 29.8 Å². The molecule has 4 aromatic heterocycles. The SMILES string of the molecule is Cc1occc1-c1nnc(Sc2cc(C(F)(F)F)nc(-c3ccncc3)n2)n1N. The molecule has 8 nitrogen and oxygen atoms in total. The molecule has 148 valence electrons. The Balaban J connectivity index is 1.74. The van der Waals surface area contributed by atoms with Gasteiger partial charge in [0.15, 0.2) is 11.6 Å². The predicted molar refractivity (Wildman–Crippen MR) is 97.0 cm³/mol. The van der Waals surface area contributed by atoms with Crippen molar-refractivity contribution in [2.75, 3.05) is 5.84 Å². The molecule has 2 N–H and O–H groups in total. The second-order valence-corrected chi connectivity index (χ2v) is 6.80. The summed E-state index contributed by atoms with van der Waals surface area (Å²) in [5, 5.41) is 8.14. The molecule has 0 aliphatic carbocycles. The Kier molecular flexibility index (Phi) is 4.70. The fourth-order valence-electron chi connectivity index (χ4n) is 2.49. The van der Waals surface area contributed by atoms with Gasteiger partial charge in [0.05, 0.1) is 11.8 Å². The summed E-state index contributed by atoms with van der Waals surface area (Å²) in [5.74, 6) is 6.86. The number of hydrogen-bond donors (Lipinski definition) is 1. The number of hydrogen-bond acceptors (Lipinski definition) is 8. The topological polar surface area (TPSA) is 109 Å². The third-order valence-corrected chi connectivity index (χ3v) is 4.77. The van der Waals surface area contributed by atoms with Gasteiger partial charge < -0.3 is 10.3 Å². The first-order valence-corrected chi connectivity index (χ1v) is 8.94. The molecule has 4 rings (SSSR count). The number of rotatable bonds is 4. The smallest absolute Gasteiger partial charge is 0.433 e. The summed E-state index contributed by atoms with van der Waals surface area (Å²) in [5.41, 5.74) is -0.0457. The highest BCUT2D eigenvalue weighted by molar-refractivity contribution is 7.99. The van der Waals surface area contributed by atoms with Gasteiger partial charge in [-0.15, -0.1) is 10.2 Å². The molecular weight excluding hydrogens is 407 g/mol. The van der Waals surface area contributed by atoms with Crippen molar-refractivity contribution in [3.63, 3.8) is 0 Å². The normalized spacial score (nSPS) is 11.7. The number of nitrogen functional groups attached to an aromatic ring is 1. The van der Waals surface area contributed by atoms with E-state index in [1.54, 1.807) is 13.0 Å². The van der Waals surface area contributed by atoms with Crippen LogP contribution in [0.5, 0.6) is 0 Å². The molecule has 0 bridgehead atoms. The van der Waals surface area contributed by atoms with Gasteiger partial charge in [-0.1, -0.05) is 0 Å². The maximum atomic E-state index is 13.3. The molecule has 0 aliphatic rings. The number of aromatic nitrogens is 6. The number of pyridine rings is 1. The number of aryl methyl sites for hydroxylation is 1. The zero-order chi connectivity index (χ0) is 20.6. The van der Waals surface area contributed by atoms with Crippen LogP contribution in [0.25, 0.3) is 22.8 Å². The highest BCUT2D eigenvalue weighted by atomic mass is 32.2. The molecule has 0 amide bonds. The lowest BCUT2D eigenvalue weighted by Crippen LogP contribution is -2.12. The van der Waals surface area contributed by atoms with Gasteiger partial charge >= 0.3 is 6.18 Å². The lowest BCUT2D eigenvalue weighted by Gasteiger charge is -2.10. The van der Waals surface area contributed by atoms with Crippen molar-refractivity contribution in [3.8, 4) is 22.8 Å². The molecule has 29 heavy (non-hydrogen) atoms. The van der Waals surface area contributed by atoms with Gasteiger partial charge in [0, 0.05) is 24.0 Å². The van der Waals surface area contributed by atoms with Crippen LogP contribution in [0.2, 0.25) is 0 Å². The second-order valence-electron chi connectivity index (χ2n) is 5.82. The molecule has 0 atom stereocenters. The maximum Gasteiger partial charge on any atom is 0.433 e. The van der Waals surface area contributed by atoms with Crippen LogP contribution in [0.3, 0.4) is 0 Å². The Morgan fingerprint density at radius 2 is 1.86 bits per heavy atom. The first-order valence-electron chi connectivity index (χ1n) is 8.12. The molecule has 12 heteroatoms. The summed E-state index contributed by atoms with van der Waals surface area (Å²) in [6.07, 6.45) is -0.272. The molecule has 0 saturated carbocycles. The minimum absolute atomic E-state index is 0.0219. The van der Waals surface area contributed by atoms with E-state index in [9.17, 15) is 13.2 Å². The van der Waals surface area contributed by atoms with Crippen LogP contribution in [0.1, 0.15) is 11.5 Å². The zero-order valence-corrected chi connectivity index (χ0v) is 15.6. The largest absolute Gasteiger partial charge is 0.469 e. The van der Waals surface area contributed by atoms with Crippen LogP contribution < -0.4 is 5.84 Å². The van der Waals surface area contributed by atoms with Crippen molar-refractivity contribution >= 4 is 11.8 Å². The van der Waals surface area contributed by atoms with E-state index in [0.717, 1.165) is 17.8 Å². The summed E-state index contributed by atoms with van der Waals surface area (Å²) < 4.78 is 46.4. The Morgan fingerprint density at radius 3 is 2.52 bits per heavy atom. The number of nitrogens with zero attached hydrogens (tertiary/aromatic N) is 6. The van der Waals surface area contributed by atoms with Gasteiger partial charge in [0.1, 0.15) is 16.5 Å². The van der Waals surface area contributed by atoms with E-state index in [1.807, 2.05) is 0 Å². The first kappa shape index (κ1) is 18.9. The van der Waals surface area contributed by atoms with Crippen molar-refractivity contribution < 1.29 is 17.6 Å². The summed E-state index contributed by atoms with van der Waals surface area (Å²) in [6, 6.07) is 5.56. The molecule has 0 fully saturated rings. The van der Waals surface area contributed by atoms with Crippen LogP contribution in [0.15, 0.2) is 57.5 Å². The molecule has 4 aromatic rings. The molecule has 0 spiro atoms. The van der Waals surface area contributed by atoms with E-state index >= 15 is 0 Å². The fraction of sp³-hybridized carbons (Fsp3) is 0.118. The van der Waals surface area contributed by atoms with Gasteiger partial charge in [-0.3, -0.25) is 4.98 Å². The summed E-state index contributed by atoms with van der Waals surface area (Å²) in [7, 11) is 0. The summed E-state index contributed by atoms with van der Waals surface area (Å²) >= 11 is 0.844. The van der Waals surface area contributed by atoms with Gasteiger partial charge in [-0.25, -0.2) is 14.6 Å². The van der Waals surface area contributed by atoms with Gasteiger partial charge in [0.2, 0.25) is 5.16 Å². The van der Waals surface area contributed by atoms with Gasteiger partial charge in [-0.05, 0) is 36.9 Å². The van der Waals surface area contributed by atoms with Crippen LogP contribution >= 0.6 is 11.8 Å². The van der Waals surface area contributed by atoms with E-state index in [0.29, 0.717) is 22.7 Å². The van der Waals surface area contributed by atoms with Crippen LogP contribution in [0.4, 0.5) is 13.2 Å². The van der Waals surface area contributed by atoms with Crippen molar-refractivity contribution in [2.45, 2.75) is 23.3 Å². The third kappa shape index (κ3) is 3.78. The molecule has 0 aliphatic heterocycles.